The van der Waals surface area contributed by atoms with Gasteiger partial charge in [0, 0.05) is 13.2 Å². The summed E-state index contributed by atoms with van der Waals surface area (Å²) in [5.41, 5.74) is 3.32. The number of hydrogen-bond donors (Lipinski definition) is 2. The third kappa shape index (κ3) is 5.89. The number of alkyl halides is 2. The minimum atomic E-state index is -2.91. The first-order chi connectivity index (χ1) is 11.6. The van der Waals surface area contributed by atoms with Gasteiger partial charge in [0.05, 0.1) is 19.4 Å². The average Bonchev–Trinajstić information content (AvgIpc) is 3.07. The van der Waals surface area contributed by atoms with Gasteiger partial charge in [0.25, 0.3) is 0 Å². The first-order valence-corrected chi connectivity index (χ1v) is 7.80. The van der Waals surface area contributed by atoms with E-state index in [4.69, 9.17) is 21.7 Å². The zero-order valence-corrected chi connectivity index (χ0v) is 13.9. The molecule has 0 radical (unpaired) electrons. The summed E-state index contributed by atoms with van der Waals surface area (Å²) >= 11 is 5.10. The lowest BCUT2D eigenvalue weighted by atomic mass is 10.2. The zero-order chi connectivity index (χ0) is 17.4. The van der Waals surface area contributed by atoms with Gasteiger partial charge < -0.3 is 19.5 Å². The van der Waals surface area contributed by atoms with Crippen LogP contribution in [0.2, 0.25) is 0 Å². The van der Waals surface area contributed by atoms with Crippen molar-refractivity contribution < 1.29 is 23.0 Å². The molecule has 132 valence electrons. The van der Waals surface area contributed by atoms with Crippen molar-refractivity contribution >= 4 is 23.5 Å². The number of nitrogens with one attached hydrogen (secondary N) is 2. The molecule has 1 heterocycles. The summed E-state index contributed by atoms with van der Waals surface area (Å²) in [5, 5.41) is 7.39. The van der Waals surface area contributed by atoms with Crippen molar-refractivity contribution in [1.82, 2.24) is 10.7 Å². The van der Waals surface area contributed by atoms with Crippen molar-refractivity contribution in [2.45, 2.75) is 25.6 Å². The number of hydrazone groups is 1. The number of thiocarbonyl (C=S) groups is 1. The quantitative estimate of drug-likeness (QED) is 0.442. The molecule has 2 rings (SSSR count). The maximum absolute atomic E-state index is 12.3. The van der Waals surface area contributed by atoms with E-state index in [1.807, 2.05) is 0 Å². The van der Waals surface area contributed by atoms with Gasteiger partial charge in [-0.3, -0.25) is 5.43 Å². The van der Waals surface area contributed by atoms with Crippen molar-refractivity contribution in [2.75, 3.05) is 20.3 Å². The Hall–Kier alpha value is -2.00. The molecule has 0 aromatic heterocycles. The van der Waals surface area contributed by atoms with E-state index in [9.17, 15) is 8.78 Å². The third-order valence-electron chi connectivity index (χ3n) is 3.30. The topological polar surface area (TPSA) is 64.1 Å². The largest absolute Gasteiger partial charge is 0.493 e. The molecule has 0 unspecified atom stereocenters. The Morgan fingerprint density at radius 3 is 3.00 bits per heavy atom. The Bertz CT molecular complexity index is 581. The second-order valence-electron chi connectivity index (χ2n) is 5.00. The standard InChI is InChI=1S/C15H19F2N3O3S/c1-21-13-7-10(4-5-12(13)23-14(16)17)8-19-20-15(24)18-9-11-3-2-6-22-11/h4-5,7-8,11,14H,2-3,6,9H2,1H3,(H2,18,20,24)/b19-8-/t11-/m1/s1. The molecule has 1 aromatic carbocycles. The third-order valence-corrected chi connectivity index (χ3v) is 3.53. The molecule has 1 aromatic rings. The molecule has 0 aliphatic carbocycles. The smallest absolute Gasteiger partial charge is 0.387 e. The van der Waals surface area contributed by atoms with Gasteiger partial charge in [-0.15, -0.1) is 0 Å². The highest BCUT2D eigenvalue weighted by atomic mass is 32.1. The van der Waals surface area contributed by atoms with Crippen molar-refractivity contribution in [3.05, 3.63) is 23.8 Å². The van der Waals surface area contributed by atoms with Gasteiger partial charge in [-0.1, -0.05) is 0 Å². The van der Waals surface area contributed by atoms with Crippen LogP contribution in [-0.4, -0.2) is 44.3 Å². The van der Waals surface area contributed by atoms with Crippen LogP contribution in [0.4, 0.5) is 8.78 Å². The summed E-state index contributed by atoms with van der Waals surface area (Å²) in [5.74, 6) is 0.157. The molecule has 2 N–H and O–H groups in total. The Kier molecular flexibility index (Phi) is 7.13. The summed E-state index contributed by atoms with van der Waals surface area (Å²) in [6.45, 7) is -1.49. The Labute approximate surface area is 144 Å². The SMILES string of the molecule is COc1cc(/C=N\NC(=S)NC[C@H]2CCCO2)ccc1OC(F)F. The van der Waals surface area contributed by atoms with Crippen LogP contribution in [0.1, 0.15) is 18.4 Å². The van der Waals surface area contributed by atoms with Crippen LogP contribution in [0, 0.1) is 0 Å². The van der Waals surface area contributed by atoms with Crippen LogP contribution in [0.25, 0.3) is 0 Å². The van der Waals surface area contributed by atoms with E-state index >= 15 is 0 Å². The fourth-order valence-electron chi connectivity index (χ4n) is 2.17. The summed E-state index contributed by atoms with van der Waals surface area (Å²) in [6, 6.07) is 4.50. The summed E-state index contributed by atoms with van der Waals surface area (Å²) < 4.78 is 39.4. The van der Waals surface area contributed by atoms with Crippen molar-refractivity contribution in [2.24, 2.45) is 5.10 Å². The van der Waals surface area contributed by atoms with Crippen LogP contribution in [-0.2, 0) is 4.74 Å². The Balaban J connectivity index is 1.83. The molecule has 1 fully saturated rings. The predicted octanol–water partition coefficient (Wildman–Crippen LogP) is 2.27. The van der Waals surface area contributed by atoms with E-state index in [1.165, 1.54) is 25.5 Å². The van der Waals surface area contributed by atoms with E-state index in [-0.39, 0.29) is 17.6 Å². The molecule has 0 saturated carbocycles. The fourth-order valence-corrected chi connectivity index (χ4v) is 2.31. The molecule has 0 bridgehead atoms. The number of nitrogens with zero attached hydrogens (tertiary/aromatic N) is 1. The van der Waals surface area contributed by atoms with E-state index in [0.717, 1.165) is 19.4 Å². The zero-order valence-electron chi connectivity index (χ0n) is 13.1. The molecule has 9 heteroatoms. The number of benzene rings is 1. The first kappa shape index (κ1) is 18.3. The van der Waals surface area contributed by atoms with Crippen molar-refractivity contribution in [1.29, 1.82) is 0 Å². The molecule has 0 amide bonds. The van der Waals surface area contributed by atoms with Gasteiger partial charge in [0.2, 0.25) is 0 Å². The van der Waals surface area contributed by atoms with E-state index < -0.39 is 6.61 Å². The molecule has 6 nitrogen and oxygen atoms in total. The summed E-state index contributed by atoms with van der Waals surface area (Å²) in [4.78, 5) is 0. The number of hydrogen-bond acceptors (Lipinski definition) is 5. The Morgan fingerprint density at radius 1 is 1.50 bits per heavy atom. The second kappa shape index (κ2) is 9.33. The summed E-state index contributed by atoms with van der Waals surface area (Å²) in [6.07, 6.45) is 3.76. The highest BCUT2D eigenvalue weighted by Gasteiger charge is 2.15. The van der Waals surface area contributed by atoms with Crippen LogP contribution in [0.3, 0.4) is 0 Å². The minimum absolute atomic E-state index is 0.0358. The van der Waals surface area contributed by atoms with Gasteiger partial charge >= 0.3 is 6.61 Å². The van der Waals surface area contributed by atoms with Crippen molar-refractivity contribution in [3.63, 3.8) is 0 Å². The van der Waals surface area contributed by atoms with Crippen LogP contribution in [0.5, 0.6) is 11.5 Å². The fraction of sp³-hybridized carbons (Fsp3) is 0.467. The van der Waals surface area contributed by atoms with Crippen LogP contribution < -0.4 is 20.2 Å². The molecule has 0 spiro atoms. The summed E-state index contributed by atoms with van der Waals surface area (Å²) in [7, 11) is 1.37. The molecule has 1 saturated heterocycles. The van der Waals surface area contributed by atoms with Crippen molar-refractivity contribution in [3.8, 4) is 11.5 Å². The monoisotopic (exact) mass is 359 g/mol. The lowest BCUT2D eigenvalue weighted by molar-refractivity contribution is -0.0512. The van der Waals surface area contributed by atoms with E-state index in [1.54, 1.807) is 6.07 Å². The average molecular weight is 359 g/mol. The highest BCUT2D eigenvalue weighted by Crippen LogP contribution is 2.28. The first-order valence-electron chi connectivity index (χ1n) is 7.40. The van der Waals surface area contributed by atoms with Gasteiger partial charge in [-0.05, 0) is 48.8 Å². The molecule has 1 aliphatic heterocycles. The van der Waals surface area contributed by atoms with Gasteiger partial charge in [0.15, 0.2) is 16.6 Å². The minimum Gasteiger partial charge on any atom is -0.493 e. The maximum atomic E-state index is 12.3. The molecule has 1 atom stereocenters. The lowest BCUT2D eigenvalue weighted by Crippen LogP contribution is -2.37. The van der Waals surface area contributed by atoms with Crippen LogP contribution >= 0.6 is 12.2 Å². The highest BCUT2D eigenvalue weighted by molar-refractivity contribution is 7.80. The maximum Gasteiger partial charge on any atom is 0.387 e. The van der Waals surface area contributed by atoms with Crippen LogP contribution in [0.15, 0.2) is 23.3 Å². The number of methoxy groups -OCH3 is 1. The second-order valence-corrected chi connectivity index (χ2v) is 5.41. The van der Waals surface area contributed by atoms with E-state index in [2.05, 4.69) is 20.6 Å². The normalized spacial score (nSPS) is 17.2. The van der Waals surface area contributed by atoms with Gasteiger partial charge in [0.1, 0.15) is 0 Å². The molecular formula is C15H19F2N3O3S. The lowest BCUT2D eigenvalue weighted by Gasteiger charge is -2.12. The van der Waals surface area contributed by atoms with E-state index in [0.29, 0.717) is 17.2 Å². The number of ether oxygens (including phenoxy) is 3. The molecule has 1 aliphatic rings. The number of halogens is 2. The van der Waals surface area contributed by atoms with Gasteiger partial charge in [-0.2, -0.15) is 13.9 Å². The van der Waals surface area contributed by atoms with Gasteiger partial charge in [-0.25, -0.2) is 0 Å². The predicted molar refractivity (Wildman–Crippen MR) is 89.9 cm³/mol. The molecule has 24 heavy (non-hydrogen) atoms. The Morgan fingerprint density at radius 2 is 2.33 bits per heavy atom. The number of rotatable bonds is 7. The molecular weight excluding hydrogens is 340 g/mol.